The minimum Gasteiger partial charge on any atom is -0.466 e. The smallest absolute Gasteiger partial charge is 0.331 e. The largest absolute Gasteiger partial charge is 0.466 e. The van der Waals surface area contributed by atoms with E-state index in [0.717, 1.165) is 0 Å². The molecule has 0 fully saturated rings. The molecule has 0 aliphatic carbocycles. The van der Waals surface area contributed by atoms with E-state index in [0.29, 0.717) is 13.2 Å². The minimum atomic E-state index is -0.505. The lowest BCUT2D eigenvalue weighted by Crippen LogP contribution is -2.21. The Labute approximate surface area is 82.0 Å². The molecule has 0 heterocycles. The lowest BCUT2D eigenvalue weighted by atomic mass is 10.6. The molecule has 0 saturated heterocycles. The van der Waals surface area contributed by atoms with Gasteiger partial charge in [0, 0.05) is 18.8 Å². The summed E-state index contributed by atoms with van der Waals surface area (Å²) in [5, 5.41) is 2.77. The Bertz CT molecular complexity index is 215. The van der Waals surface area contributed by atoms with Crippen LogP contribution < -0.4 is 11.1 Å². The number of ether oxygens (including phenoxy) is 2. The zero-order valence-corrected chi connectivity index (χ0v) is 7.99. The van der Waals surface area contributed by atoms with E-state index in [2.05, 4.69) is 10.1 Å². The molecule has 0 aromatic heterocycles. The van der Waals surface area contributed by atoms with Gasteiger partial charge in [-0.05, 0) is 0 Å². The van der Waals surface area contributed by atoms with E-state index in [9.17, 15) is 9.59 Å². The second-order valence-electron chi connectivity index (χ2n) is 2.33. The lowest BCUT2D eigenvalue weighted by Gasteiger charge is -2.00. The molecule has 0 aliphatic heterocycles. The third kappa shape index (κ3) is 8.54. The van der Waals surface area contributed by atoms with Gasteiger partial charge in [0.05, 0.1) is 13.7 Å². The Hall–Kier alpha value is -1.56. The van der Waals surface area contributed by atoms with Gasteiger partial charge in [0.1, 0.15) is 6.61 Å². The Morgan fingerprint density at radius 2 is 2.21 bits per heavy atom. The fourth-order valence-electron chi connectivity index (χ4n) is 0.582. The van der Waals surface area contributed by atoms with Gasteiger partial charge in [0.25, 0.3) is 0 Å². The molecule has 0 unspecified atom stereocenters. The molecule has 1 amide bonds. The quantitative estimate of drug-likeness (QED) is 0.306. The standard InChI is InChI=1S/C8H14N2O4/c1-13-8(12)2-3-10-4-5-14-6-7(9)11/h2-3,10H,4-6H2,1H3,(H2,9,11)/b3-2+. The van der Waals surface area contributed by atoms with Crippen molar-refractivity contribution in [1.29, 1.82) is 0 Å². The van der Waals surface area contributed by atoms with Crippen molar-refractivity contribution in [2.45, 2.75) is 0 Å². The molecule has 0 aromatic rings. The first kappa shape index (κ1) is 12.4. The summed E-state index contributed by atoms with van der Waals surface area (Å²) in [6.45, 7) is 0.734. The van der Waals surface area contributed by atoms with Crippen LogP contribution in [0, 0.1) is 0 Å². The number of esters is 1. The summed E-state index contributed by atoms with van der Waals surface area (Å²) in [6, 6.07) is 0. The van der Waals surface area contributed by atoms with Crippen LogP contribution in [0.5, 0.6) is 0 Å². The SMILES string of the molecule is COC(=O)/C=C/NCCOCC(N)=O. The first-order chi connectivity index (χ1) is 6.66. The normalized spacial score (nSPS) is 10.1. The van der Waals surface area contributed by atoms with Crippen LogP contribution in [0.15, 0.2) is 12.3 Å². The first-order valence-electron chi connectivity index (χ1n) is 4.00. The number of hydrogen-bond donors (Lipinski definition) is 2. The molecule has 0 atom stereocenters. The molecule has 14 heavy (non-hydrogen) atoms. The van der Waals surface area contributed by atoms with Gasteiger partial charge in [-0.1, -0.05) is 0 Å². The number of carbonyl (C=O) groups excluding carboxylic acids is 2. The Kier molecular flexibility index (Phi) is 7.16. The maximum Gasteiger partial charge on any atom is 0.331 e. The van der Waals surface area contributed by atoms with Crippen molar-refractivity contribution < 1.29 is 19.1 Å². The molecule has 0 saturated carbocycles. The number of methoxy groups -OCH3 is 1. The van der Waals surface area contributed by atoms with Crippen molar-refractivity contribution in [3.63, 3.8) is 0 Å². The molecule has 0 bridgehead atoms. The van der Waals surface area contributed by atoms with Crippen molar-refractivity contribution in [1.82, 2.24) is 5.32 Å². The molecule has 0 radical (unpaired) electrons. The van der Waals surface area contributed by atoms with Crippen LogP contribution in [0.4, 0.5) is 0 Å². The molecular weight excluding hydrogens is 188 g/mol. The number of rotatable bonds is 7. The summed E-state index contributed by atoms with van der Waals surface area (Å²) < 4.78 is 9.19. The number of nitrogens with two attached hydrogens (primary N) is 1. The fourth-order valence-corrected chi connectivity index (χ4v) is 0.582. The summed E-state index contributed by atoms with van der Waals surface area (Å²) >= 11 is 0. The molecular formula is C8H14N2O4. The van der Waals surface area contributed by atoms with Crippen LogP contribution in [0.1, 0.15) is 0 Å². The average Bonchev–Trinajstić information content (AvgIpc) is 2.15. The highest BCUT2D eigenvalue weighted by molar-refractivity contribution is 5.81. The van der Waals surface area contributed by atoms with E-state index < -0.39 is 11.9 Å². The van der Waals surface area contributed by atoms with Crippen LogP contribution in [0.3, 0.4) is 0 Å². The predicted octanol–water partition coefficient (Wildman–Crippen LogP) is -1.24. The summed E-state index contributed by atoms with van der Waals surface area (Å²) in [5.74, 6) is -0.939. The molecule has 6 nitrogen and oxygen atoms in total. The summed E-state index contributed by atoms with van der Waals surface area (Å²) in [5.41, 5.74) is 4.83. The van der Waals surface area contributed by atoms with Gasteiger partial charge >= 0.3 is 5.97 Å². The summed E-state index contributed by atoms with van der Waals surface area (Å²) in [7, 11) is 1.29. The first-order valence-corrected chi connectivity index (χ1v) is 4.00. The maximum absolute atomic E-state index is 10.5. The molecule has 0 spiro atoms. The van der Waals surface area contributed by atoms with Gasteiger partial charge in [0.15, 0.2) is 0 Å². The van der Waals surface area contributed by atoms with Gasteiger partial charge in [0.2, 0.25) is 5.91 Å². The van der Waals surface area contributed by atoms with Crippen molar-refractivity contribution in [3.05, 3.63) is 12.3 Å². The number of nitrogens with one attached hydrogen (secondary N) is 1. The molecule has 0 aliphatic rings. The second-order valence-corrected chi connectivity index (χ2v) is 2.33. The molecule has 0 aromatic carbocycles. The highest BCUT2D eigenvalue weighted by Gasteiger charge is 1.92. The van der Waals surface area contributed by atoms with Gasteiger partial charge in [-0.3, -0.25) is 4.79 Å². The molecule has 6 heteroatoms. The topological polar surface area (TPSA) is 90.7 Å². The lowest BCUT2D eigenvalue weighted by molar-refractivity contribution is -0.134. The van der Waals surface area contributed by atoms with E-state index in [-0.39, 0.29) is 6.61 Å². The number of hydrogen-bond acceptors (Lipinski definition) is 5. The van der Waals surface area contributed by atoms with Crippen LogP contribution >= 0.6 is 0 Å². The van der Waals surface area contributed by atoms with Crippen LogP contribution in [-0.4, -0.2) is 38.7 Å². The van der Waals surface area contributed by atoms with E-state index in [1.54, 1.807) is 0 Å². The van der Waals surface area contributed by atoms with Crippen LogP contribution in [-0.2, 0) is 19.1 Å². The summed E-state index contributed by atoms with van der Waals surface area (Å²) in [6.07, 6.45) is 2.69. The maximum atomic E-state index is 10.5. The Morgan fingerprint density at radius 3 is 2.79 bits per heavy atom. The zero-order chi connectivity index (χ0) is 10.8. The fraction of sp³-hybridized carbons (Fsp3) is 0.500. The van der Waals surface area contributed by atoms with E-state index >= 15 is 0 Å². The zero-order valence-electron chi connectivity index (χ0n) is 7.99. The monoisotopic (exact) mass is 202 g/mol. The molecule has 0 rings (SSSR count). The highest BCUT2D eigenvalue weighted by Crippen LogP contribution is 1.76. The van der Waals surface area contributed by atoms with Crippen LogP contribution in [0.2, 0.25) is 0 Å². The third-order valence-electron chi connectivity index (χ3n) is 1.17. The minimum absolute atomic E-state index is 0.0948. The van der Waals surface area contributed by atoms with Gasteiger partial charge in [-0.15, -0.1) is 0 Å². The van der Waals surface area contributed by atoms with Gasteiger partial charge in [-0.25, -0.2) is 4.79 Å². The van der Waals surface area contributed by atoms with Crippen molar-refractivity contribution in [2.24, 2.45) is 5.73 Å². The number of carbonyl (C=O) groups is 2. The second kappa shape index (κ2) is 8.06. The van der Waals surface area contributed by atoms with Gasteiger partial charge < -0.3 is 20.5 Å². The molecule has 80 valence electrons. The van der Waals surface area contributed by atoms with E-state index in [1.807, 2.05) is 0 Å². The highest BCUT2D eigenvalue weighted by atomic mass is 16.5. The Balaban J connectivity index is 3.25. The predicted molar refractivity (Wildman–Crippen MR) is 49.2 cm³/mol. The van der Waals surface area contributed by atoms with Gasteiger partial charge in [-0.2, -0.15) is 0 Å². The average molecular weight is 202 g/mol. The van der Waals surface area contributed by atoms with Crippen molar-refractivity contribution in [3.8, 4) is 0 Å². The van der Waals surface area contributed by atoms with Crippen molar-refractivity contribution >= 4 is 11.9 Å². The van der Waals surface area contributed by atoms with Crippen molar-refractivity contribution in [2.75, 3.05) is 26.9 Å². The van der Waals surface area contributed by atoms with E-state index in [4.69, 9.17) is 10.5 Å². The van der Waals surface area contributed by atoms with E-state index in [1.165, 1.54) is 19.4 Å². The number of primary amides is 1. The third-order valence-corrected chi connectivity index (χ3v) is 1.17. The Morgan fingerprint density at radius 1 is 1.50 bits per heavy atom. The number of amides is 1. The summed E-state index contributed by atoms with van der Waals surface area (Å²) in [4.78, 5) is 20.8. The van der Waals surface area contributed by atoms with Crippen LogP contribution in [0.25, 0.3) is 0 Å². The molecule has 3 N–H and O–H groups in total.